The van der Waals surface area contributed by atoms with Crippen LogP contribution >= 0.6 is 0 Å². The number of benzene rings is 2. The molecule has 0 aliphatic carbocycles. The number of ether oxygens (including phenoxy) is 1. The number of aromatic nitrogens is 6. The third-order valence-corrected chi connectivity index (χ3v) is 5.22. The number of anilines is 4. The highest BCUT2D eigenvalue weighted by atomic mass is 19.1. The predicted molar refractivity (Wildman–Crippen MR) is 136 cm³/mol. The number of halogens is 1. The zero-order valence-corrected chi connectivity index (χ0v) is 19.2. The molecule has 0 aliphatic rings. The van der Waals surface area contributed by atoms with Crippen LogP contribution in [0.3, 0.4) is 0 Å². The summed E-state index contributed by atoms with van der Waals surface area (Å²) in [5, 5.41) is 25.1. The van der Waals surface area contributed by atoms with Crippen molar-refractivity contribution in [2.75, 3.05) is 24.7 Å². The lowest BCUT2D eigenvalue weighted by atomic mass is 10.1. The number of carbonyl (C=O) groups is 1. The van der Waals surface area contributed by atoms with Gasteiger partial charge in [-0.3, -0.25) is 4.79 Å². The van der Waals surface area contributed by atoms with Gasteiger partial charge in [0, 0.05) is 22.5 Å². The van der Waals surface area contributed by atoms with E-state index in [2.05, 4.69) is 41.0 Å². The molecule has 0 saturated carbocycles. The lowest BCUT2D eigenvalue weighted by molar-refractivity contribution is 0.0958. The highest BCUT2D eigenvalue weighted by molar-refractivity contribution is 5.99. The fourth-order valence-electron chi connectivity index (χ4n) is 3.58. The van der Waals surface area contributed by atoms with Gasteiger partial charge < -0.3 is 20.7 Å². The molecule has 0 spiro atoms. The van der Waals surface area contributed by atoms with Crippen molar-refractivity contribution in [3.8, 4) is 17.1 Å². The van der Waals surface area contributed by atoms with Gasteiger partial charge in [-0.2, -0.15) is 0 Å². The van der Waals surface area contributed by atoms with Crippen LogP contribution in [0, 0.1) is 5.82 Å². The Kier molecular flexibility index (Phi) is 5.49. The van der Waals surface area contributed by atoms with Crippen molar-refractivity contribution in [2.24, 2.45) is 0 Å². The second-order valence-corrected chi connectivity index (χ2v) is 7.60. The zero-order chi connectivity index (χ0) is 28.3. The molecule has 3 heterocycles. The number of amides is 1. The van der Waals surface area contributed by atoms with Crippen LogP contribution in [0.4, 0.5) is 27.4 Å². The van der Waals surface area contributed by atoms with Crippen molar-refractivity contribution >= 4 is 39.8 Å². The molecular formula is C25H20FN9O2. The number of nitrogens with one attached hydrogen (secondary N) is 3. The van der Waals surface area contributed by atoms with E-state index in [0.29, 0.717) is 22.6 Å². The standard InChI is InChI=1S/C25H20FN9O2/c1-27-25(36)22-19(11-21(34-35-22)31-20-10-14-6-3-4-8-17(14)32-33-20)30-18-9-5-7-16(23(18)37-2)24-28-12-15(26)13-29-24/h3-13H,1-2H3,(H,27,36)(H2,30,31,33,34)/i1D3. The van der Waals surface area contributed by atoms with Gasteiger partial charge in [-0.25, -0.2) is 14.4 Å². The van der Waals surface area contributed by atoms with Crippen molar-refractivity contribution in [1.29, 1.82) is 0 Å². The minimum atomic E-state index is -2.76. The number of fused-ring (bicyclic) bond motifs is 1. The van der Waals surface area contributed by atoms with Crippen LogP contribution in [0.1, 0.15) is 14.6 Å². The number of para-hydroxylation sites is 1. The lowest BCUT2D eigenvalue weighted by Crippen LogP contribution is -2.21. The number of hydrogen-bond acceptors (Lipinski definition) is 10. The molecule has 0 saturated heterocycles. The van der Waals surface area contributed by atoms with Gasteiger partial charge in [0.1, 0.15) is 0 Å². The number of hydrogen-bond donors (Lipinski definition) is 3. The number of carbonyl (C=O) groups excluding carboxylic acids is 1. The second kappa shape index (κ2) is 10.2. The maximum absolute atomic E-state index is 13.4. The van der Waals surface area contributed by atoms with E-state index in [9.17, 15) is 9.18 Å². The molecule has 5 aromatic rings. The molecule has 5 rings (SSSR count). The molecule has 0 aliphatic heterocycles. The molecule has 2 aromatic carbocycles. The molecule has 1 amide bonds. The van der Waals surface area contributed by atoms with Crippen LogP contribution in [-0.2, 0) is 0 Å². The highest BCUT2D eigenvalue weighted by Gasteiger charge is 2.19. The summed E-state index contributed by atoms with van der Waals surface area (Å²) >= 11 is 0. The zero-order valence-electron chi connectivity index (χ0n) is 22.2. The Morgan fingerprint density at radius 3 is 2.51 bits per heavy atom. The topological polar surface area (TPSA) is 140 Å². The molecule has 11 nitrogen and oxygen atoms in total. The molecule has 0 bridgehead atoms. The van der Waals surface area contributed by atoms with Gasteiger partial charge in [-0.15, -0.1) is 20.4 Å². The van der Waals surface area contributed by atoms with E-state index >= 15 is 0 Å². The van der Waals surface area contributed by atoms with Crippen molar-refractivity contribution in [1.82, 2.24) is 35.7 Å². The summed E-state index contributed by atoms with van der Waals surface area (Å²) in [5.41, 5.74) is 1.31. The van der Waals surface area contributed by atoms with Gasteiger partial charge in [-0.1, -0.05) is 24.3 Å². The molecular weight excluding hydrogens is 477 g/mol. The molecule has 0 unspecified atom stereocenters. The predicted octanol–water partition coefficient (Wildman–Crippen LogP) is 3.87. The molecule has 0 fully saturated rings. The maximum atomic E-state index is 13.4. The largest absolute Gasteiger partial charge is 0.494 e. The van der Waals surface area contributed by atoms with Gasteiger partial charge in [0.2, 0.25) is 0 Å². The van der Waals surface area contributed by atoms with Crippen LogP contribution in [0.25, 0.3) is 22.3 Å². The molecule has 3 N–H and O–H groups in total. The van der Waals surface area contributed by atoms with E-state index in [1.165, 1.54) is 13.2 Å². The Balaban J connectivity index is 1.54. The first-order valence-electron chi connectivity index (χ1n) is 12.3. The Morgan fingerprint density at radius 2 is 1.70 bits per heavy atom. The monoisotopic (exact) mass is 500 g/mol. The van der Waals surface area contributed by atoms with Crippen molar-refractivity contribution in [2.45, 2.75) is 0 Å². The van der Waals surface area contributed by atoms with E-state index < -0.39 is 18.7 Å². The van der Waals surface area contributed by atoms with Crippen molar-refractivity contribution in [3.63, 3.8) is 0 Å². The third kappa shape index (κ3) is 4.93. The van der Waals surface area contributed by atoms with E-state index in [1.807, 2.05) is 29.6 Å². The highest BCUT2D eigenvalue weighted by Crippen LogP contribution is 2.37. The smallest absolute Gasteiger partial charge is 0.273 e. The SMILES string of the molecule is [2H]C([2H])([2H])NC(=O)c1nnc(Nc2cc3ccccc3nn2)cc1Nc1cccc(-c2ncc(F)cn2)c1OC. The maximum Gasteiger partial charge on any atom is 0.273 e. The number of methoxy groups -OCH3 is 1. The average molecular weight is 501 g/mol. The summed E-state index contributed by atoms with van der Waals surface area (Å²) in [6.07, 6.45) is 2.05. The van der Waals surface area contributed by atoms with Crippen LogP contribution in [-0.4, -0.2) is 50.4 Å². The van der Waals surface area contributed by atoms with Gasteiger partial charge in [0.15, 0.2) is 34.7 Å². The van der Waals surface area contributed by atoms with E-state index in [1.54, 1.807) is 24.3 Å². The van der Waals surface area contributed by atoms with Crippen LogP contribution in [0.2, 0.25) is 0 Å². The third-order valence-electron chi connectivity index (χ3n) is 5.22. The molecule has 12 heteroatoms. The Hall–Kier alpha value is -5.26. The summed E-state index contributed by atoms with van der Waals surface area (Å²) in [5.74, 6) is -0.540. The number of rotatable bonds is 7. The van der Waals surface area contributed by atoms with Gasteiger partial charge in [0.05, 0.1) is 42.0 Å². The Bertz CT molecular complexity index is 1700. The fourth-order valence-corrected chi connectivity index (χ4v) is 3.58. The summed E-state index contributed by atoms with van der Waals surface area (Å²) in [4.78, 5) is 20.8. The van der Waals surface area contributed by atoms with E-state index in [4.69, 9.17) is 8.85 Å². The first kappa shape index (κ1) is 20.0. The minimum Gasteiger partial charge on any atom is -0.494 e. The van der Waals surface area contributed by atoms with Crippen LogP contribution in [0.15, 0.2) is 67.0 Å². The van der Waals surface area contributed by atoms with Crippen LogP contribution < -0.4 is 20.7 Å². The van der Waals surface area contributed by atoms with Crippen molar-refractivity contribution in [3.05, 3.63) is 78.5 Å². The van der Waals surface area contributed by atoms with Gasteiger partial charge in [0.25, 0.3) is 5.91 Å². The van der Waals surface area contributed by atoms with Gasteiger partial charge >= 0.3 is 0 Å². The molecule has 184 valence electrons. The molecule has 3 aromatic heterocycles. The molecule has 37 heavy (non-hydrogen) atoms. The Morgan fingerprint density at radius 1 is 0.919 bits per heavy atom. The normalized spacial score (nSPS) is 12.2. The van der Waals surface area contributed by atoms with Crippen molar-refractivity contribution < 1.29 is 18.0 Å². The summed E-state index contributed by atoms with van der Waals surface area (Å²) < 4.78 is 41.2. The van der Waals surface area contributed by atoms with E-state index in [-0.39, 0.29) is 28.8 Å². The minimum absolute atomic E-state index is 0.100. The second-order valence-electron chi connectivity index (χ2n) is 7.60. The molecule has 0 radical (unpaired) electrons. The summed E-state index contributed by atoms with van der Waals surface area (Å²) in [6.45, 7) is -2.76. The quantitative estimate of drug-likeness (QED) is 0.302. The van der Waals surface area contributed by atoms with Crippen LogP contribution in [0.5, 0.6) is 5.75 Å². The fraction of sp³-hybridized carbons (Fsp3) is 0.0800. The first-order valence-corrected chi connectivity index (χ1v) is 10.8. The average Bonchev–Trinajstić information content (AvgIpc) is 2.92. The Labute approximate surface area is 214 Å². The summed E-state index contributed by atoms with van der Waals surface area (Å²) in [7, 11) is 1.42. The number of nitrogens with zero attached hydrogens (tertiary/aromatic N) is 6. The van der Waals surface area contributed by atoms with E-state index in [0.717, 1.165) is 17.8 Å². The summed E-state index contributed by atoms with van der Waals surface area (Å²) in [6, 6.07) is 15.6. The first-order chi connectivity index (χ1) is 19.2. The molecule has 0 atom stereocenters. The van der Waals surface area contributed by atoms with Gasteiger partial charge in [-0.05, 0) is 24.3 Å². The lowest BCUT2D eigenvalue weighted by Gasteiger charge is -2.16.